The fourth-order valence-corrected chi connectivity index (χ4v) is 3.55. The Hall–Kier alpha value is -2.57. The average Bonchev–Trinajstić information content (AvgIpc) is 3.02. The summed E-state index contributed by atoms with van der Waals surface area (Å²) >= 11 is 0. The number of nitrogens with zero attached hydrogens (tertiary/aromatic N) is 1. The van der Waals surface area contributed by atoms with E-state index in [2.05, 4.69) is 10.3 Å². The number of likely N-dealkylation sites (tertiary alicyclic amines) is 1. The first-order valence-electron chi connectivity index (χ1n) is 9.77. The van der Waals surface area contributed by atoms with Gasteiger partial charge in [0.25, 0.3) is 0 Å². The largest absolute Gasteiger partial charge is 0.444 e. The first kappa shape index (κ1) is 20.2. The van der Waals surface area contributed by atoms with E-state index in [-0.39, 0.29) is 11.7 Å². The molecule has 6 nitrogen and oxygen atoms in total. The molecule has 0 radical (unpaired) electrons. The average molecular weight is 389 g/mol. The fraction of sp³-hybridized carbons (Fsp3) is 0.524. The number of rotatable bonds is 4. The van der Waals surface area contributed by atoms with Crippen molar-refractivity contribution < 1.29 is 18.7 Å². The summed E-state index contributed by atoms with van der Waals surface area (Å²) in [6.45, 7) is 6.42. The highest BCUT2D eigenvalue weighted by Crippen LogP contribution is 2.21. The van der Waals surface area contributed by atoms with Crippen molar-refractivity contribution in [1.82, 2.24) is 15.2 Å². The summed E-state index contributed by atoms with van der Waals surface area (Å²) in [5.41, 5.74) is 1.16. The number of halogens is 1. The van der Waals surface area contributed by atoms with Crippen LogP contribution >= 0.6 is 0 Å². The maximum absolute atomic E-state index is 13.3. The summed E-state index contributed by atoms with van der Waals surface area (Å²) in [6, 6.07) is 4.13. The van der Waals surface area contributed by atoms with Crippen LogP contribution in [0.15, 0.2) is 24.4 Å². The van der Waals surface area contributed by atoms with E-state index in [1.807, 2.05) is 27.0 Å². The second-order valence-electron chi connectivity index (χ2n) is 8.23. The molecule has 1 saturated heterocycles. The Morgan fingerprint density at radius 2 is 2.11 bits per heavy atom. The second-order valence-corrected chi connectivity index (χ2v) is 8.23. The van der Waals surface area contributed by atoms with E-state index in [4.69, 9.17) is 4.74 Å². The van der Waals surface area contributed by atoms with E-state index < -0.39 is 17.7 Å². The van der Waals surface area contributed by atoms with E-state index in [0.717, 1.165) is 29.3 Å². The van der Waals surface area contributed by atoms with Crippen molar-refractivity contribution >= 4 is 22.9 Å². The molecular weight excluding hydrogens is 361 g/mol. The van der Waals surface area contributed by atoms with Crippen molar-refractivity contribution in [2.45, 2.75) is 58.1 Å². The summed E-state index contributed by atoms with van der Waals surface area (Å²) in [6.07, 6.45) is 4.43. The van der Waals surface area contributed by atoms with Crippen LogP contribution in [0.1, 0.15) is 45.6 Å². The number of amides is 2. The lowest BCUT2D eigenvalue weighted by Crippen LogP contribution is -2.53. The highest BCUT2D eigenvalue weighted by Gasteiger charge is 2.34. The lowest BCUT2D eigenvalue weighted by molar-refractivity contribution is -0.127. The quantitative estimate of drug-likeness (QED) is 0.836. The molecule has 1 aliphatic heterocycles. The first-order valence-corrected chi connectivity index (χ1v) is 9.77. The molecule has 3 rings (SSSR count). The zero-order valence-electron chi connectivity index (χ0n) is 16.7. The summed E-state index contributed by atoms with van der Waals surface area (Å²) in [4.78, 5) is 29.7. The minimum absolute atomic E-state index is 0.156. The molecule has 152 valence electrons. The standard InChI is InChI=1S/C21H28FN3O3/c1-21(2,3)28-20(27)25-11-5-4-6-18(25)19(26)23-10-9-14-13-24-17-12-15(22)7-8-16(14)17/h7-8,12-13,18,24H,4-6,9-11H2,1-3H3,(H,23,26)/t18-/m1/s1. The fourth-order valence-electron chi connectivity index (χ4n) is 3.55. The molecular formula is C21H28FN3O3. The molecule has 7 heteroatoms. The Morgan fingerprint density at radius 3 is 2.86 bits per heavy atom. The van der Waals surface area contributed by atoms with Gasteiger partial charge >= 0.3 is 6.09 Å². The number of nitrogens with one attached hydrogen (secondary N) is 2. The smallest absolute Gasteiger partial charge is 0.410 e. The van der Waals surface area contributed by atoms with Crippen molar-refractivity contribution in [3.8, 4) is 0 Å². The second kappa shape index (κ2) is 8.20. The van der Waals surface area contributed by atoms with E-state index in [1.165, 1.54) is 12.1 Å². The zero-order valence-corrected chi connectivity index (χ0v) is 16.7. The maximum atomic E-state index is 13.3. The zero-order chi connectivity index (χ0) is 20.3. The van der Waals surface area contributed by atoms with Gasteiger partial charge in [-0.1, -0.05) is 0 Å². The first-order chi connectivity index (χ1) is 13.2. The molecule has 0 unspecified atom stereocenters. The Balaban J connectivity index is 1.58. The predicted molar refractivity (Wildman–Crippen MR) is 106 cm³/mol. The Morgan fingerprint density at radius 1 is 1.32 bits per heavy atom. The van der Waals surface area contributed by atoms with Crippen LogP contribution in [-0.2, 0) is 16.0 Å². The number of benzene rings is 1. The van der Waals surface area contributed by atoms with Crippen LogP contribution in [0, 0.1) is 5.82 Å². The van der Waals surface area contributed by atoms with E-state index in [0.29, 0.717) is 25.9 Å². The number of H-pyrrole nitrogens is 1. The van der Waals surface area contributed by atoms with Crippen LogP contribution in [-0.4, -0.2) is 46.6 Å². The molecule has 0 aliphatic carbocycles. The van der Waals surface area contributed by atoms with Crippen molar-refractivity contribution in [2.75, 3.05) is 13.1 Å². The number of carbonyl (C=O) groups is 2. The molecule has 1 fully saturated rings. The van der Waals surface area contributed by atoms with E-state index >= 15 is 0 Å². The van der Waals surface area contributed by atoms with Crippen LogP contribution in [0.4, 0.5) is 9.18 Å². The predicted octanol–water partition coefficient (Wildman–Crippen LogP) is 3.76. The van der Waals surface area contributed by atoms with Crippen LogP contribution < -0.4 is 5.32 Å². The van der Waals surface area contributed by atoms with Crippen LogP contribution in [0.3, 0.4) is 0 Å². The molecule has 2 amide bonds. The number of aromatic amines is 1. The number of piperidine rings is 1. The van der Waals surface area contributed by atoms with E-state index in [1.54, 1.807) is 11.0 Å². The van der Waals surface area contributed by atoms with Gasteiger partial charge in [-0.05, 0) is 70.2 Å². The number of carbonyl (C=O) groups excluding carboxylic acids is 2. The molecule has 0 bridgehead atoms. The molecule has 28 heavy (non-hydrogen) atoms. The number of hydrogen-bond donors (Lipinski definition) is 2. The molecule has 1 aromatic heterocycles. The number of fused-ring (bicyclic) bond motifs is 1. The molecule has 0 spiro atoms. The maximum Gasteiger partial charge on any atom is 0.410 e. The van der Waals surface area contributed by atoms with Gasteiger partial charge in [0, 0.05) is 30.2 Å². The monoisotopic (exact) mass is 389 g/mol. The Bertz CT molecular complexity index is 856. The topological polar surface area (TPSA) is 74.4 Å². The van der Waals surface area contributed by atoms with E-state index in [9.17, 15) is 14.0 Å². The minimum atomic E-state index is -0.593. The molecule has 2 N–H and O–H groups in total. The third kappa shape index (κ3) is 4.82. The van der Waals surface area contributed by atoms with Crippen molar-refractivity contribution in [1.29, 1.82) is 0 Å². The molecule has 2 aromatic rings. The normalized spacial score (nSPS) is 17.6. The highest BCUT2D eigenvalue weighted by atomic mass is 19.1. The van der Waals surface area contributed by atoms with Crippen molar-refractivity contribution in [2.24, 2.45) is 0 Å². The van der Waals surface area contributed by atoms with Crippen molar-refractivity contribution in [3.63, 3.8) is 0 Å². The summed E-state index contributed by atoms with van der Waals surface area (Å²) < 4.78 is 18.7. The van der Waals surface area contributed by atoms with Gasteiger partial charge in [-0.3, -0.25) is 9.69 Å². The SMILES string of the molecule is CC(C)(C)OC(=O)N1CCCC[C@@H]1C(=O)NCCc1c[nH]c2cc(F)ccc12. The van der Waals surface area contributed by atoms with Crippen LogP contribution in [0.2, 0.25) is 0 Å². The number of aromatic nitrogens is 1. The molecule has 2 heterocycles. The Kier molecular flexibility index (Phi) is 5.91. The van der Waals surface area contributed by atoms with Gasteiger partial charge in [-0.15, -0.1) is 0 Å². The van der Waals surface area contributed by atoms with Gasteiger partial charge in [0.05, 0.1) is 0 Å². The lowest BCUT2D eigenvalue weighted by Gasteiger charge is -2.35. The molecule has 0 saturated carbocycles. The summed E-state index contributed by atoms with van der Waals surface area (Å²) in [5, 5.41) is 3.89. The van der Waals surface area contributed by atoms with Gasteiger partial charge in [0.1, 0.15) is 17.5 Å². The van der Waals surface area contributed by atoms with Crippen LogP contribution in [0.25, 0.3) is 10.9 Å². The summed E-state index contributed by atoms with van der Waals surface area (Å²) in [7, 11) is 0. The minimum Gasteiger partial charge on any atom is -0.444 e. The van der Waals surface area contributed by atoms with Gasteiger partial charge in [-0.25, -0.2) is 9.18 Å². The van der Waals surface area contributed by atoms with Crippen LogP contribution in [0.5, 0.6) is 0 Å². The molecule has 1 aliphatic rings. The molecule has 1 aromatic carbocycles. The molecule has 1 atom stereocenters. The summed E-state index contributed by atoms with van der Waals surface area (Å²) in [5.74, 6) is -0.440. The lowest BCUT2D eigenvalue weighted by atomic mass is 10.0. The van der Waals surface area contributed by atoms with Crippen molar-refractivity contribution in [3.05, 3.63) is 35.8 Å². The van der Waals surface area contributed by atoms with Gasteiger partial charge < -0.3 is 15.0 Å². The van der Waals surface area contributed by atoms with Gasteiger partial charge in [0.2, 0.25) is 5.91 Å². The number of ether oxygens (including phenoxy) is 1. The third-order valence-corrected chi connectivity index (χ3v) is 4.86. The van der Waals surface area contributed by atoms with Gasteiger partial charge in [0.15, 0.2) is 0 Å². The highest BCUT2D eigenvalue weighted by molar-refractivity contribution is 5.86. The third-order valence-electron chi connectivity index (χ3n) is 4.86. The van der Waals surface area contributed by atoms with Gasteiger partial charge in [-0.2, -0.15) is 0 Å². The number of hydrogen-bond acceptors (Lipinski definition) is 3. The Labute approximate surface area is 164 Å².